The highest BCUT2D eigenvalue weighted by atomic mass is 16.4. The molecule has 0 aliphatic heterocycles. The first-order valence-electron chi connectivity index (χ1n) is 36.0. The van der Waals surface area contributed by atoms with Gasteiger partial charge in [0.15, 0.2) is 0 Å². The van der Waals surface area contributed by atoms with E-state index in [0.29, 0.717) is 49.9 Å². The van der Waals surface area contributed by atoms with E-state index in [1.807, 2.05) is 177 Å². The number of hydrogen-bond donors (Lipinski definition) is 10. The van der Waals surface area contributed by atoms with Crippen molar-refractivity contribution in [3.05, 3.63) is 240 Å². The molecule has 0 saturated carbocycles. The molecule has 0 radical (unpaired) electrons. The number of unbranched alkanes of at least 4 members (excludes halogenated alkanes) is 1. The third-order valence-corrected chi connectivity index (χ3v) is 19.9. The van der Waals surface area contributed by atoms with E-state index in [2.05, 4.69) is 104 Å². The number of carboxylic acid groups (broad SMARTS) is 5. The number of nitrogens with one attached hydrogen (secondary N) is 5. The van der Waals surface area contributed by atoms with Crippen molar-refractivity contribution in [2.75, 3.05) is 0 Å². The Morgan fingerprint density at radius 2 is 0.673 bits per heavy atom. The van der Waals surface area contributed by atoms with Crippen molar-refractivity contribution < 1.29 is 49.5 Å². The third-order valence-electron chi connectivity index (χ3n) is 19.9. The summed E-state index contributed by atoms with van der Waals surface area (Å²) in [6.07, 6.45) is 21.6. The molecule has 7 unspecified atom stereocenters. The van der Waals surface area contributed by atoms with Crippen molar-refractivity contribution in [2.45, 2.75) is 168 Å². The second-order valence-electron chi connectivity index (χ2n) is 26.8. The van der Waals surface area contributed by atoms with E-state index in [4.69, 9.17) is 0 Å². The number of carboxylic acids is 5. The van der Waals surface area contributed by atoms with E-state index in [1.54, 1.807) is 0 Å². The molecule has 0 aliphatic rings. The molecular formula is C86H101N5O10. The molecule has 10 N–H and O–H groups in total. The monoisotopic (exact) mass is 1360 g/mol. The summed E-state index contributed by atoms with van der Waals surface area (Å²) in [4.78, 5) is 73.8. The first-order chi connectivity index (χ1) is 48.9. The molecule has 7 atom stereocenters. The molecule has 101 heavy (non-hydrogen) atoms. The number of benzene rings is 7. The van der Waals surface area contributed by atoms with Gasteiger partial charge in [0.2, 0.25) is 0 Å². The van der Waals surface area contributed by atoms with Gasteiger partial charge in [-0.15, -0.1) is 0 Å². The first kappa shape index (κ1) is 76.3. The van der Waals surface area contributed by atoms with Crippen molar-refractivity contribution in [3.63, 3.8) is 0 Å². The largest absolute Gasteiger partial charge is 0.481 e. The van der Waals surface area contributed by atoms with E-state index in [0.717, 1.165) is 151 Å². The lowest BCUT2D eigenvalue weighted by Crippen LogP contribution is -2.15. The van der Waals surface area contributed by atoms with Gasteiger partial charge in [0.1, 0.15) is 0 Å². The first-order valence-corrected chi connectivity index (χ1v) is 36.0. The van der Waals surface area contributed by atoms with Crippen molar-refractivity contribution >= 4 is 84.4 Å². The average Bonchev–Trinajstić information content (AvgIpc) is 1.73. The number of rotatable bonds is 29. The van der Waals surface area contributed by atoms with Gasteiger partial charge in [0, 0.05) is 85.5 Å². The number of hydrogen-bond acceptors (Lipinski definition) is 5. The highest BCUT2D eigenvalue weighted by Crippen LogP contribution is 2.37. The van der Waals surface area contributed by atoms with Crippen LogP contribution < -0.4 is 0 Å². The Morgan fingerprint density at radius 1 is 0.327 bits per heavy atom. The van der Waals surface area contributed by atoms with E-state index >= 15 is 0 Å². The highest BCUT2D eigenvalue weighted by molar-refractivity contribution is 5.93. The molecule has 15 nitrogen and oxygen atoms in total. The quantitative estimate of drug-likeness (QED) is 0.0212. The topological polar surface area (TPSA) is 265 Å². The van der Waals surface area contributed by atoms with E-state index in [-0.39, 0.29) is 0 Å². The number of aromatic amines is 5. The van der Waals surface area contributed by atoms with Crippen LogP contribution >= 0.6 is 0 Å². The molecule has 5 heterocycles. The minimum Gasteiger partial charge on any atom is -0.481 e. The normalized spacial score (nSPS) is 13.3. The molecule has 0 spiro atoms. The Hall–Kier alpha value is -10.4. The molecule has 15 heteroatoms. The maximum atomic E-state index is 11.9. The second kappa shape index (κ2) is 38.2. The van der Waals surface area contributed by atoms with Gasteiger partial charge in [-0.2, -0.15) is 0 Å². The number of H-pyrrole nitrogens is 5. The Bertz CT molecular complexity index is 4570. The van der Waals surface area contributed by atoms with Crippen molar-refractivity contribution in [2.24, 2.45) is 17.8 Å². The minimum absolute atomic E-state index is 0.397. The van der Waals surface area contributed by atoms with Crippen LogP contribution in [0.3, 0.4) is 0 Å². The van der Waals surface area contributed by atoms with Crippen LogP contribution in [-0.2, 0) is 30.4 Å². The fourth-order valence-corrected chi connectivity index (χ4v) is 13.7. The van der Waals surface area contributed by atoms with Crippen LogP contribution in [0.5, 0.6) is 0 Å². The lowest BCUT2D eigenvalue weighted by atomic mass is 9.86. The molecular weight excluding hydrogens is 1260 g/mol. The zero-order valence-electron chi connectivity index (χ0n) is 59.4. The number of aliphatic carboxylic acids is 5. The van der Waals surface area contributed by atoms with Crippen molar-refractivity contribution in [3.8, 4) is 11.1 Å². The predicted molar refractivity (Wildman–Crippen MR) is 409 cm³/mol. The number of aryl methyl sites for hydroxylation is 1. The number of para-hydroxylation sites is 5. The SMILES string of the molecule is CCC(C)CCC(C(=O)O)c1c[nH]c2ccccc12.CCC(CC)CC(C(=O)O)c1c[nH]c2ccccc12.CCCC(C)CC(C(=O)O)c1c[nH]c2ccccc12.CCCCC(C(=O)O)c1c[nH]c2ccccc12.O=C(O)C(CCc1cccc(-c2ccccc2)c1)c1c[nH]c2ccccc12. The number of fused-ring (bicyclic) bond motifs is 5. The Kier molecular flexibility index (Phi) is 28.9. The highest BCUT2D eigenvalue weighted by Gasteiger charge is 2.29. The number of aromatic nitrogens is 5. The summed E-state index contributed by atoms with van der Waals surface area (Å²) in [5.41, 5.74) is 13.0. The van der Waals surface area contributed by atoms with Crippen LogP contribution in [0, 0.1) is 17.8 Å². The molecule has 530 valence electrons. The fourth-order valence-electron chi connectivity index (χ4n) is 13.7. The maximum Gasteiger partial charge on any atom is 0.311 e. The van der Waals surface area contributed by atoms with Crippen LogP contribution in [0.2, 0.25) is 0 Å². The summed E-state index contributed by atoms with van der Waals surface area (Å²) < 4.78 is 0. The zero-order valence-corrected chi connectivity index (χ0v) is 59.4. The van der Waals surface area contributed by atoms with Gasteiger partial charge in [-0.05, 0) is 138 Å². The molecule has 5 aromatic heterocycles. The summed E-state index contributed by atoms with van der Waals surface area (Å²) in [5.74, 6) is -4.39. The van der Waals surface area contributed by atoms with E-state index < -0.39 is 59.4 Å². The summed E-state index contributed by atoms with van der Waals surface area (Å²) in [7, 11) is 0. The average molecular weight is 1360 g/mol. The molecule has 12 rings (SSSR count). The Balaban J connectivity index is 0.000000162. The van der Waals surface area contributed by atoms with Crippen LogP contribution in [0.15, 0.2) is 207 Å². The molecule has 0 bridgehead atoms. The summed E-state index contributed by atoms with van der Waals surface area (Å²) in [5, 5.41) is 52.7. The van der Waals surface area contributed by atoms with E-state index in [9.17, 15) is 49.5 Å². The van der Waals surface area contributed by atoms with Crippen LogP contribution in [0.4, 0.5) is 0 Å². The Morgan fingerprint density at radius 3 is 1.04 bits per heavy atom. The molecule has 0 amide bonds. The van der Waals surface area contributed by atoms with E-state index in [1.165, 1.54) is 5.56 Å². The zero-order chi connectivity index (χ0) is 72.4. The van der Waals surface area contributed by atoms with Crippen LogP contribution in [-0.4, -0.2) is 80.3 Å². The summed E-state index contributed by atoms with van der Waals surface area (Å²) >= 11 is 0. The van der Waals surface area contributed by atoms with Gasteiger partial charge in [0.05, 0.1) is 29.6 Å². The lowest BCUT2D eigenvalue weighted by Gasteiger charge is -2.18. The van der Waals surface area contributed by atoms with Gasteiger partial charge in [0.25, 0.3) is 0 Å². The summed E-state index contributed by atoms with van der Waals surface area (Å²) in [6.45, 7) is 14.9. The van der Waals surface area contributed by atoms with Crippen molar-refractivity contribution in [1.82, 2.24) is 24.9 Å². The van der Waals surface area contributed by atoms with Crippen molar-refractivity contribution in [1.29, 1.82) is 0 Å². The smallest absolute Gasteiger partial charge is 0.311 e. The predicted octanol–water partition coefficient (Wildman–Crippen LogP) is 21.6. The molecule has 12 aromatic rings. The minimum atomic E-state index is -0.779. The van der Waals surface area contributed by atoms with Crippen LogP contribution in [0.25, 0.3) is 65.6 Å². The standard InChI is InChI=1S/C24H21NO2.3C16H21NO2.C14H17NO2/c26-24(27)21(22-16-25-23-12-5-4-11-20(22)23)14-13-17-7-6-10-19(15-17)18-8-2-1-3-9-18;1-3-11(2)8-9-13(16(18)19)14-10-17-15-7-5-4-6-12(14)15;1-3-6-11(2)9-13(16(18)19)14-10-17-15-8-5-4-7-12(14)15;1-3-11(4-2)9-13(16(18)19)14-10-17-15-8-6-5-7-12(14)15;1-2-3-6-11(14(16)17)12-9-15-13-8-5-4-7-10(12)13/h1-12,15-16,21,25H,13-14H2,(H,26,27);4-7,10-11,13,17H,3,8-9H2,1-2H3,(H,18,19);4-5,7-8,10-11,13,17H,3,6,9H2,1-2H3,(H,18,19);5-8,10-11,13,17H,3-4,9H2,1-2H3,(H,18,19);4-5,7-9,11,15H,2-3,6H2,1H3,(H,16,17). The molecule has 0 saturated heterocycles. The van der Waals surface area contributed by atoms with Gasteiger partial charge in [-0.1, -0.05) is 239 Å². The molecule has 7 aromatic carbocycles. The Labute approximate surface area is 592 Å². The van der Waals surface area contributed by atoms with Gasteiger partial charge >= 0.3 is 29.8 Å². The number of carbonyl (C=O) groups is 5. The van der Waals surface area contributed by atoms with Crippen LogP contribution in [0.1, 0.15) is 195 Å². The third kappa shape index (κ3) is 20.6. The fraction of sp³-hybridized carbons (Fsp3) is 0.337. The van der Waals surface area contributed by atoms with Gasteiger partial charge in [-0.25, -0.2) is 0 Å². The molecule has 0 fully saturated rings. The second-order valence-corrected chi connectivity index (χ2v) is 26.8. The molecule has 0 aliphatic carbocycles. The van der Waals surface area contributed by atoms with Gasteiger partial charge in [-0.3, -0.25) is 24.0 Å². The lowest BCUT2D eigenvalue weighted by molar-refractivity contribution is -0.140. The summed E-state index contributed by atoms with van der Waals surface area (Å²) in [6, 6.07) is 57.9. The van der Waals surface area contributed by atoms with Gasteiger partial charge < -0.3 is 50.5 Å². The maximum absolute atomic E-state index is 11.9.